The zero-order chi connectivity index (χ0) is 15.0. The minimum Gasteiger partial charge on any atom is -0.481 e. The van der Waals surface area contributed by atoms with E-state index in [1.54, 1.807) is 11.1 Å². The summed E-state index contributed by atoms with van der Waals surface area (Å²) >= 11 is 0. The standard InChI is InChI=1S/C11H15N.C4H6O4/c1-12-8-6-10-4-2-3-5-11(10)7-9-12;5-3(6)1-2-4(7)8/h2-5H,6-9H2,1H3;1-2H2,(H,5,6)(H,7,8). The predicted octanol–water partition coefficient (Wildman–Crippen LogP) is 1.65. The summed E-state index contributed by atoms with van der Waals surface area (Å²) in [6.07, 6.45) is 1.84. The number of hydrogen-bond acceptors (Lipinski definition) is 3. The summed E-state index contributed by atoms with van der Waals surface area (Å²) in [7, 11) is 2.20. The van der Waals surface area contributed by atoms with Crippen LogP contribution in [0.2, 0.25) is 0 Å². The quantitative estimate of drug-likeness (QED) is 0.879. The number of aliphatic carboxylic acids is 2. The fourth-order valence-electron chi connectivity index (χ4n) is 1.99. The van der Waals surface area contributed by atoms with E-state index in [2.05, 4.69) is 36.2 Å². The fraction of sp³-hybridized carbons (Fsp3) is 0.467. The van der Waals surface area contributed by atoms with E-state index in [4.69, 9.17) is 10.2 Å². The van der Waals surface area contributed by atoms with Crippen molar-refractivity contribution in [1.29, 1.82) is 0 Å². The second-order valence-corrected chi connectivity index (χ2v) is 4.86. The lowest BCUT2D eigenvalue weighted by molar-refractivity contribution is -0.143. The Morgan fingerprint density at radius 2 is 1.40 bits per heavy atom. The van der Waals surface area contributed by atoms with Crippen molar-refractivity contribution < 1.29 is 19.8 Å². The van der Waals surface area contributed by atoms with Gasteiger partial charge in [-0.05, 0) is 31.0 Å². The van der Waals surface area contributed by atoms with Crippen molar-refractivity contribution in [2.24, 2.45) is 0 Å². The van der Waals surface area contributed by atoms with Crippen LogP contribution in [0.15, 0.2) is 24.3 Å². The number of carboxylic acids is 2. The van der Waals surface area contributed by atoms with E-state index >= 15 is 0 Å². The molecular weight excluding hydrogens is 258 g/mol. The first-order valence-electron chi connectivity index (χ1n) is 6.68. The van der Waals surface area contributed by atoms with Crippen molar-refractivity contribution >= 4 is 11.9 Å². The first kappa shape index (κ1) is 16.2. The molecule has 5 nitrogen and oxygen atoms in total. The van der Waals surface area contributed by atoms with Gasteiger partial charge in [0.2, 0.25) is 0 Å². The second-order valence-electron chi connectivity index (χ2n) is 4.86. The van der Waals surface area contributed by atoms with Crippen molar-refractivity contribution in [2.75, 3.05) is 20.1 Å². The number of benzene rings is 1. The molecule has 2 rings (SSSR count). The van der Waals surface area contributed by atoms with Crippen LogP contribution in [0, 0.1) is 0 Å². The molecule has 2 N–H and O–H groups in total. The van der Waals surface area contributed by atoms with Gasteiger partial charge in [-0.25, -0.2) is 0 Å². The molecule has 1 aliphatic heterocycles. The van der Waals surface area contributed by atoms with Crippen LogP contribution in [0.3, 0.4) is 0 Å². The number of likely N-dealkylation sites (N-methyl/N-ethyl adjacent to an activating group) is 1. The Balaban J connectivity index is 0.000000221. The minimum absolute atomic E-state index is 0.296. The van der Waals surface area contributed by atoms with Crippen molar-refractivity contribution in [3.8, 4) is 0 Å². The summed E-state index contributed by atoms with van der Waals surface area (Å²) in [5.41, 5.74) is 3.09. The van der Waals surface area contributed by atoms with Crippen LogP contribution in [-0.2, 0) is 22.4 Å². The Morgan fingerprint density at radius 3 is 1.75 bits per heavy atom. The van der Waals surface area contributed by atoms with Crippen LogP contribution in [0.5, 0.6) is 0 Å². The van der Waals surface area contributed by atoms with E-state index in [9.17, 15) is 9.59 Å². The minimum atomic E-state index is -1.08. The SMILES string of the molecule is CN1CCc2ccccc2CC1.O=C(O)CCC(=O)O. The number of hydrogen-bond donors (Lipinski definition) is 2. The molecule has 0 bridgehead atoms. The van der Waals surface area contributed by atoms with E-state index in [1.807, 2.05) is 0 Å². The van der Waals surface area contributed by atoms with Crippen molar-refractivity contribution in [1.82, 2.24) is 4.90 Å². The molecule has 0 amide bonds. The lowest BCUT2D eigenvalue weighted by Crippen LogP contribution is -2.20. The van der Waals surface area contributed by atoms with Crippen molar-refractivity contribution in [3.63, 3.8) is 0 Å². The molecule has 0 aliphatic carbocycles. The molecular formula is C15H21NO4. The van der Waals surface area contributed by atoms with Crippen molar-refractivity contribution in [2.45, 2.75) is 25.7 Å². The zero-order valence-electron chi connectivity index (χ0n) is 11.7. The van der Waals surface area contributed by atoms with E-state index in [0.717, 1.165) is 0 Å². The molecule has 20 heavy (non-hydrogen) atoms. The number of carbonyl (C=O) groups is 2. The molecule has 0 saturated carbocycles. The Morgan fingerprint density at radius 1 is 1.00 bits per heavy atom. The van der Waals surface area contributed by atoms with Crippen LogP contribution in [-0.4, -0.2) is 47.2 Å². The molecule has 0 spiro atoms. The van der Waals surface area contributed by atoms with Gasteiger partial charge in [-0.1, -0.05) is 24.3 Å². The van der Waals surface area contributed by atoms with Gasteiger partial charge in [0, 0.05) is 13.1 Å². The number of fused-ring (bicyclic) bond motifs is 1. The fourth-order valence-corrected chi connectivity index (χ4v) is 1.99. The molecule has 1 aromatic carbocycles. The molecule has 1 aromatic rings. The average molecular weight is 279 g/mol. The smallest absolute Gasteiger partial charge is 0.303 e. The predicted molar refractivity (Wildman–Crippen MR) is 75.9 cm³/mol. The first-order valence-corrected chi connectivity index (χ1v) is 6.68. The molecule has 0 saturated heterocycles. The molecule has 0 aromatic heterocycles. The summed E-state index contributed by atoms with van der Waals surface area (Å²) in [5.74, 6) is -2.15. The van der Waals surface area contributed by atoms with E-state index in [-0.39, 0.29) is 12.8 Å². The largest absolute Gasteiger partial charge is 0.481 e. The van der Waals surface area contributed by atoms with Crippen molar-refractivity contribution in [3.05, 3.63) is 35.4 Å². The molecule has 0 unspecified atom stereocenters. The number of nitrogens with zero attached hydrogens (tertiary/aromatic N) is 1. The normalized spacial score (nSPS) is 14.4. The maximum Gasteiger partial charge on any atom is 0.303 e. The molecule has 1 aliphatic rings. The van der Waals surface area contributed by atoms with Crippen LogP contribution < -0.4 is 0 Å². The van der Waals surface area contributed by atoms with Gasteiger partial charge in [-0.3, -0.25) is 9.59 Å². The Bertz CT molecular complexity index is 418. The van der Waals surface area contributed by atoms with Gasteiger partial charge in [0.1, 0.15) is 0 Å². The highest BCUT2D eigenvalue weighted by Crippen LogP contribution is 2.14. The molecule has 0 radical (unpaired) electrons. The van der Waals surface area contributed by atoms with E-state index in [1.165, 1.54) is 25.9 Å². The highest BCUT2D eigenvalue weighted by Gasteiger charge is 2.09. The summed E-state index contributed by atoms with van der Waals surface area (Å²) in [5, 5.41) is 15.8. The Kier molecular flexibility index (Phi) is 6.73. The molecule has 110 valence electrons. The Hall–Kier alpha value is -1.88. The van der Waals surface area contributed by atoms with Crippen LogP contribution in [0.4, 0.5) is 0 Å². The van der Waals surface area contributed by atoms with Gasteiger partial charge in [-0.15, -0.1) is 0 Å². The lowest BCUT2D eigenvalue weighted by Gasteiger charge is -2.10. The summed E-state index contributed by atoms with van der Waals surface area (Å²) in [4.78, 5) is 21.7. The van der Waals surface area contributed by atoms with Gasteiger partial charge in [0.25, 0.3) is 0 Å². The lowest BCUT2D eigenvalue weighted by atomic mass is 10.0. The highest BCUT2D eigenvalue weighted by atomic mass is 16.4. The highest BCUT2D eigenvalue weighted by molar-refractivity contribution is 5.75. The second kappa shape index (κ2) is 8.32. The maximum absolute atomic E-state index is 9.64. The third-order valence-corrected chi connectivity index (χ3v) is 3.20. The zero-order valence-corrected chi connectivity index (χ0v) is 11.7. The number of rotatable bonds is 3. The Labute approximate surface area is 118 Å². The monoisotopic (exact) mass is 279 g/mol. The van der Waals surface area contributed by atoms with Crippen LogP contribution >= 0.6 is 0 Å². The van der Waals surface area contributed by atoms with Gasteiger partial charge in [0.15, 0.2) is 0 Å². The summed E-state index contributed by atoms with van der Waals surface area (Å²) in [6.45, 7) is 2.41. The average Bonchev–Trinajstić information content (AvgIpc) is 2.60. The first-order chi connectivity index (χ1) is 9.49. The topological polar surface area (TPSA) is 77.8 Å². The summed E-state index contributed by atoms with van der Waals surface area (Å²) < 4.78 is 0. The molecule has 0 fully saturated rings. The number of carboxylic acid groups (broad SMARTS) is 2. The van der Waals surface area contributed by atoms with Crippen LogP contribution in [0.1, 0.15) is 24.0 Å². The van der Waals surface area contributed by atoms with Gasteiger partial charge >= 0.3 is 11.9 Å². The van der Waals surface area contributed by atoms with Crippen LogP contribution in [0.25, 0.3) is 0 Å². The van der Waals surface area contributed by atoms with Gasteiger partial charge in [0.05, 0.1) is 12.8 Å². The third kappa shape index (κ3) is 6.33. The molecule has 5 heteroatoms. The third-order valence-electron chi connectivity index (χ3n) is 3.20. The maximum atomic E-state index is 9.64. The van der Waals surface area contributed by atoms with E-state index in [0.29, 0.717) is 0 Å². The molecule has 0 atom stereocenters. The van der Waals surface area contributed by atoms with Gasteiger partial charge < -0.3 is 15.1 Å². The van der Waals surface area contributed by atoms with Gasteiger partial charge in [-0.2, -0.15) is 0 Å². The van der Waals surface area contributed by atoms with E-state index < -0.39 is 11.9 Å². The summed E-state index contributed by atoms with van der Waals surface area (Å²) in [6, 6.07) is 8.80. The molecule has 1 heterocycles.